The number of fused-ring (bicyclic) bond motifs is 1. The van der Waals surface area contributed by atoms with Gasteiger partial charge in [-0.3, -0.25) is 0 Å². The van der Waals surface area contributed by atoms with Crippen LogP contribution in [0.3, 0.4) is 0 Å². The number of halogens is 1. The fraction of sp³-hybridized carbons (Fsp3) is 0.421. The van der Waals surface area contributed by atoms with Crippen LogP contribution >= 0.6 is 0 Å². The Hall–Kier alpha value is -2.88. The lowest BCUT2D eigenvalue weighted by Crippen LogP contribution is -2.36. The summed E-state index contributed by atoms with van der Waals surface area (Å²) in [5.41, 5.74) is -0.419. The Morgan fingerprint density at radius 2 is 2.19 bits per heavy atom. The number of nitrogens with zero attached hydrogens (tertiary/aromatic N) is 3. The molecule has 0 bridgehead atoms. The van der Waals surface area contributed by atoms with E-state index >= 15 is 0 Å². The van der Waals surface area contributed by atoms with Crippen molar-refractivity contribution >= 4 is 16.9 Å². The van der Waals surface area contributed by atoms with Crippen LogP contribution in [0, 0.1) is 17.1 Å². The first-order valence-corrected chi connectivity index (χ1v) is 8.41. The number of ether oxygens (including phenoxy) is 2. The molecule has 2 aromatic rings. The molecule has 1 aromatic carbocycles. The first-order chi connectivity index (χ1) is 12.3. The van der Waals surface area contributed by atoms with Gasteiger partial charge in [0.1, 0.15) is 29.3 Å². The number of rotatable bonds is 2. The Morgan fingerprint density at radius 1 is 1.42 bits per heavy atom. The van der Waals surface area contributed by atoms with Crippen molar-refractivity contribution in [1.82, 2.24) is 9.88 Å². The monoisotopic (exact) mass is 357 g/mol. The van der Waals surface area contributed by atoms with Gasteiger partial charge in [-0.25, -0.2) is 14.2 Å². The zero-order chi connectivity index (χ0) is 18.9. The zero-order valence-corrected chi connectivity index (χ0v) is 15.0. The van der Waals surface area contributed by atoms with Gasteiger partial charge in [0.15, 0.2) is 0 Å². The highest BCUT2D eigenvalue weighted by molar-refractivity contribution is 5.88. The third kappa shape index (κ3) is 3.85. The van der Waals surface area contributed by atoms with Crippen LogP contribution in [0.15, 0.2) is 24.3 Å². The maximum absolute atomic E-state index is 14.3. The van der Waals surface area contributed by atoms with Gasteiger partial charge in [-0.05, 0) is 38.3 Å². The summed E-state index contributed by atoms with van der Waals surface area (Å²) in [6, 6.07) is 8.08. The van der Waals surface area contributed by atoms with Crippen molar-refractivity contribution in [3.05, 3.63) is 35.8 Å². The summed E-state index contributed by atoms with van der Waals surface area (Å²) in [5, 5.41) is 9.93. The topological polar surface area (TPSA) is 75.4 Å². The number of hydrogen-bond donors (Lipinski definition) is 0. The van der Waals surface area contributed by atoms with Crippen LogP contribution in [-0.2, 0) is 4.74 Å². The molecule has 1 aromatic heterocycles. The molecule has 1 aliphatic rings. The summed E-state index contributed by atoms with van der Waals surface area (Å²) in [6.07, 6.45) is -0.168. The lowest BCUT2D eigenvalue weighted by atomic mass is 10.1. The van der Waals surface area contributed by atoms with Crippen molar-refractivity contribution in [2.45, 2.75) is 38.9 Å². The standard InChI is InChI=1S/C19H20FN3O3/c1-19(2,3)26-18(24)23-8-7-14(11-23)25-17-16-12(5-4-6-15(16)20)9-13(10-21)22-17/h4-6,9,14H,7-8,11H2,1-3H3. The summed E-state index contributed by atoms with van der Waals surface area (Å²) in [6.45, 7) is 6.23. The van der Waals surface area contributed by atoms with Crippen LogP contribution in [0.1, 0.15) is 32.9 Å². The van der Waals surface area contributed by atoms with E-state index in [9.17, 15) is 9.18 Å². The van der Waals surface area contributed by atoms with Crippen molar-refractivity contribution in [2.75, 3.05) is 13.1 Å². The lowest BCUT2D eigenvalue weighted by Gasteiger charge is -2.24. The summed E-state index contributed by atoms with van der Waals surface area (Å²) in [7, 11) is 0. The van der Waals surface area contributed by atoms with E-state index in [1.54, 1.807) is 37.8 Å². The molecule has 2 heterocycles. The number of carbonyl (C=O) groups is 1. The molecular formula is C19H20FN3O3. The predicted molar refractivity (Wildman–Crippen MR) is 93.3 cm³/mol. The number of aromatic nitrogens is 1. The molecule has 1 saturated heterocycles. The summed E-state index contributed by atoms with van der Waals surface area (Å²) in [5.74, 6) is -0.385. The predicted octanol–water partition coefficient (Wildman–Crippen LogP) is 3.63. The van der Waals surface area contributed by atoms with E-state index < -0.39 is 17.5 Å². The average Bonchev–Trinajstić information content (AvgIpc) is 3.01. The highest BCUT2D eigenvalue weighted by atomic mass is 19.1. The van der Waals surface area contributed by atoms with Gasteiger partial charge < -0.3 is 14.4 Å². The van der Waals surface area contributed by atoms with E-state index in [0.717, 1.165) is 0 Å². The van der Waals surface area contributed by atoms with Gasteiger partial charge >= 0.3 is 6.09 Å². The molecule has 1 amide bonds. The van der Waals surface area contributed by atoms with Crippen molar-refractivity contribution in [2.24, 2.45) is 0 Å². The normalized spacial score (nSPS) is 17.2. The van der Waals surface area contributed by atoms with Gasteiger partial charge in [0.2, 0.25) is 5.88 Å². The van der Waals surface area contributed by atoms with E-state index in [-0.39, 0.29) is 23.1 Å². The first kappa shape index (κ1) is 17.9. The molecule has 1 aliphatic heterocycles. The highest BCUT2D eigenvalue weighted by Gasteiger charge is 2.31. The molecule has 1 atom stereocenters. The number of benzene rings is 1. The molecule has 0 N–H and O–H groups in total. The second-order valence-electron chi connectivity index (χ2n) is 7.22. The second-order valence-corrected chi connectivity index (χ2v) is 7.22. The molecule has 0 aliphatic carbocycles. The molecule has 6 nitrogen and oxygen atoms in total. The molecule has 0 spiro atoms. The number of amides is 1. The molecule has 7 heteroatoms. The minimum Gasteiger partial charge on any atom is -0.472 e. The third-order valence-electron chi connectivity index (χ3n) is 3.96. The zero-order valence-electron chi connectivity index (χ0n) is 15.0. The summed E-state index contributed by atoms with van der Waals surface area (Å²) in [4.78, 5) is 17.8. The SMILES string of the molecule is CC(C)(C)OC(=O)N1CCC(Oc2nc(C#N)cc3cccc(F)c23)C1. The van der Waals surface area contributed by atoms with E-state index in [1.165, 1.54) is 12.1 Å². The number of hydrogen-bond acceptors (Lipinski definition) is 5. The van der Waals surface area contributed by atoms with E-state index in [0.29, 0.717) is 24.9 Å². The van der Waals surface area contributed by atoms with Crippen LogP contribution in [-0.4, -0.2) is 40.8 Å². The molecule has 1 unspecified atom stereocenters. The molecule has 136 valence electrons. The third-order valence-corrected chi connectivity index (χ3v) is 3.96. The second kappa shape index (κ2) is 6.79. The minimum atomic E-state index is -0.571. The van der Waals surface area contributed by atoms with Crippen LogP contribution in [0.5, 0.6) is 5.88 Å². The van der Waals surface area contributed by atoms with Crippen molar-refractivity contribution in [3.63, 3.8) is 0 Å². The summed E-state index contributed by atoms with van der Waals surface area (Å²) >= 11 is 0. The quantitative estimate of drug-likeness (QED) is 0.820. The molecule has 1 fully saturated rings. The maximum atomic E-state index is 14.3. The van der Waals surface area contributed by atoms with Gasteiger partial charge in [-0.15, -0.1) is 0 Å². The Balaban J connectivity index is 1.80. The number of nitriles is 1. The van der Waals surface area contributed by atoms with Crippen LogP contribution < -0.4 is 4.74 Å². The molecular weight excluding hydrogens is 337 g/mol. The van der Waals surface area contributed by atoms with Gasteiger partial charge in [0.05, 0.1) is 11.9 Å². The molecule has 0 saturated carbocycles. The fourth-order valence-corrected chi connectivity index (χ4v) is 2.85. The number of carbonyl (C=O) groups excluding carboxylic acids is 1. The smallest absolute Gasteiger partial charge is 0.410 e. The lowest BCUT2D eigenvalue weighted by molar-refractivity contribution is 0.0275. The Kier molecular flexibility index (Phi) is 4.68. The van der Waals surface area contributed by atoms with Gasteiger partial charge in [0.25, 0.3) is 0 Å². The van der Waals surface area contributed by atoms with Crippen molar-refractivity contribution < 1.29 is 18.7 Å². The van der Waals surface area contributed by atoms with Crippen LogP contribution in [0.2, 0.25) is 0 Å². The molecule has 0 radical (unpaired) electrons. The average molecular weight is 357 g/mol. The van der Waals surface area contributed by atoms with Crippen molar-refractivity contribution in [3.8, 4) is 11.9 Å². The molecule has 26 heavy (non-hydrogen) atoms. The van der Waals surface area contributed by atoms with E-state index in [2.05, 4.69) is 4.98 Å². The Labute approximate surface area is 151 Å². The fourth-order valence-electron chi connectivity index (χ4n) is 2.85. The molecule has 3 rings (SSSR count). The minimum absolute atomic E-state index is 0.0770. The van der Waals surface area contributed by atoms with E-state index in [1.807, 2.05) is 6.07 Å². The summed E-state index contributed by atoms with van der Waals surface area (Å²) < 4.78 is 25.5. The Morgan fingerprint density at radius 3 is 2.88 bits per heavy atom. The van der Waals surface area contributed by atoms with Gasteiger partial charge in [0, 0.05) is 13.0 Å². The van der Waals surface area contributed by atoms with Gasteiger partial charge in [-0.2, -0.15) is 5.26 Å². The number of likely N-dealkylation sites (tertiary alicyclic amines) is 1. The highest BCUT2D eigenvalue weighted by Crippen LogP contribution is 2.29. The Bertz CT molecular complexity index is 886. The van der Waals surface area contributed by atoms with Crippen LogP contribution in [0.4, 0.5) is 9.18 Å². The van der Waals surface area contributed by atoms with Crippen LogP contribution in [0.25, 0.3) is 10.8 Å². The number of pyridine rings is 1. The maximum Gasteiger partial charge on any atom is 0.410 e. The first-order valence-electron chi connectivity index (χ1n) is 8.41. The van der Waals surface area contributed by atoms with E-state index in [4.69, 9.17) is 14.7 Å². The van der Waals surface area contributed by atoms with Gasteiger partial charge in [-0.1, -0.05) is 12.1 Å². The largest absolute Gasteiger partial charge is 0.472 e. The van der Waals surface area contributed by atoms with Crippen molar-refractivity contribution in [1.29, 1.82) is 5.26 Å².